The van der Waals surface area contributed by atoms with Crippen LogP contribution < -0.4 is 11.1 Å². The normalized spacial score (nSPS) is 26.9. The molecule has 0 spiro atoms. The summed E-state index contributed by atoms with van der Waals surface area (Å²) >= 11 is 0. The predicted octanol–water partition coefficient (Wildman–Crippen LogP) is 1.93. The molecule has 0 aliphatic heterocycles. The van der Waals surface area contributed by atoms with Crippen molar-refractivity contribution in [3.63, 3.8) is 0 Å². The second-order valence-corrected chi connectivity index (χ2v) is 5.02. The van der Waals surface area contributed by atoms with Crippen molar-refractivity contribution in [1.29, 1.82) is 0 Å². The Balaban J connectivity index is 1.95. The summed E-state index contributed by atoms with van der Waals surface area (Å²) in [5.74, 6) is 2.12. The van der Waals surface area contributed by atoms with Crippen LogP contribution in [-0.2, 0) is 0 Å². The van der Waals surface area contributed by atoms with E-state index in [0.717, 1.165) is 31.3 Å². The van der Waals surface area contributed by atoms with Gasteiger partial charge in [0.05, 0.1) is 0 Å². The Morgan fingerprint density at radius 1 is 1.38 bits per heavy atom. The first-order valence-electron chi connectivity index (χ1n) is 6.39. The lowest BCUT2D eigenvalue weighted by atomic mass is 9.83. The maximum absolute atomic E-state index is 8.36. The number of hydrogen-bond acceptors (Lipinski definition) is 3. The Morgan fingerprint density at radius 3 is 2.69 bits per heavy atom. The van der Waals surface area contributed by atoms with Gasteiger partial charge < -0.3 is 16.3 Å². The first-order chi connectivity index (χ1) is 7.72. The molecule has 1 saturated carbocycles. The Hall–Kier alpha value is -0.770. The van der Waals surface area contributed by atoms with Crippen molar-refractivity contribution in [2.24, 2.45) is 22.7 Å². The number of nitrogens with one attached hydrogen (secondary N) is 1. The minimum Gasteiger partial charge on any atom is -0.409 e. The minimum absolute atomic E-state index is 0.327. The maximum atomic E-state index is 8.36. The molecule has 0 aromatic carbocycles. The largest absolute Gasteiger partial charge is 0.409 e. The maximum Gasteiger partial charge on any atom is 0.139 e. The molecule has 0 atom stereocenters. The Bertz CT molecular complexity index is 210. The first kappa shape index (κ1) is 13.3. The summed E-state index contributed by atoms with van der Waals surface area (Å²) < 4.78 is 0. The lowest BCUT2D eigenvalue weighted by molar-refractivity contribution is 0.282. The predicted molar refractivity (Wildman–Crippen MR) is 66.6 cm³/mol. The van der Waals surface area contributed by atoms with Crippen LogP contribution in [-0.4, -0.2) is 24.1 Å². The number of rotatable bonds is 6. The Labute approximate surface area is 98.3 Å². The van der Waals surface area contributed by atoms with Crippen LogP contribution in [0.3, 0.4) is 0 Å². The molecule has 0 radical (unpaired) electrons. The van der Waals surface area contributed by atoms with Gasteiger partial charge in [0.1, 0.15) is 5.84 Å². The van der Waals surface area contributed by atoms with Crippen LogP contribution in [0.25, 0.3) is 0 Å². The molecular weight excluding hydrogens is 202 g/mol. The van der Waals surface area contributed by atoms with Gasteiger partial charge >= 0.3 is 0 Å². The lowest BCUT2D eigenvalue weighted by Crippen LogP contribution is -2.27. The second-order valence-electron chi connectivity index (χ2n) is 5.02. The van der Waals surface area contributed by atoms with Crippen LogP contribution in [0.15, 0.2) is 5.16 Å². The number of amidine groups is 1. The van der Waals surface area contributed by atoms with E-state index in [0.29, 0.717) is 12.3 Å². The molecule has 1 fully saturated rings. The van der Waals surface area contributed by atoms with E-state index in [1.165, 1.54) is 25.7 Å². The topological polar surface area (TPSA) is 70.6 Å². The van der Waals surface area contributed by atoms with Gasteiger partial charge in [-0.15, -0.1) is 0 Å². The lowest BCUT2D eigenvalue weighted by Gasteiger charge is -2.26. The van der Waals surface area contributed by atoms with E-state index in [1.54, 1.807) is 0 Å². The van der Waals surface area contributed by atoms with Crippen molar-refractivity contribution in [2.75, 3.05) is 13.1 Å². The number of nitrogens with two attached hydrogens (primary N) is 1. The van der Waals surface area contributed by atoms with Crippen LogP contribution >= 0.6 is 0 Å². The van der Waals surface area contributed by atoms with Gasteiger partial charge in [-0.1, -0.05) is 24.9 Å². The SMILES string of the molecule is CC1CCC(CNCCCC(N)=NO)CC1. The quantitative estimate of drug-likeness (QED) is 0.213. The van der Waals surface area contributed by atoms with Crippen molar-refractivity contribution in [3.8, 4) is 0 Å². The van der Waals surface area contributed by atoms with Crippen LogP contribution in [0.5, 0.6) is 0 Å². The molecule has 0 bridgehead atoms. The molecule has 0 unspecified atom stereocenters. The highest BCUT2D eigenvalue weighted by Gasteiger charge is 2.17. The second kappa shape index (κ2) is 7.49. The first-order valence-corrected chi connectivity index (χ1v) is 6.39. The van der Waals surface area contributed by atoms with Gasteiger partial charge in [0.15, 0.2) is 0 Å². The summed E-state index contributed by atoms with van der Waals surface area (Å²) in [6.07, 6.45) is 7.12. The summed E-state index contributed by atoms with van der Waals surface area (Å²) in [4.78, 5) is 0. The molecule has 4 nitrogen and oxygen atoms in total. The third-order valence-electron chi connectivity index (χ3n) is 3.48. The van der Waals surface area contributed by atoms with Crippen LogP contribution in [0.1, 0.15) is 45.4 Å². The smallest absolute Gasteiger partial charge is 0.139 e. The van der Waals surface area contributed by atoms with Gasteiger partial charge in [0.25, 0.3) is 0 Å². The zero-order valence-electron chi connectivity index (χ0n) is 10.3. The molecule has 0 aromatic heterocycles. The van der Waals surface area contributed by atoms with E-state index in [4.69, 9.17) is 10.9 Å². The van der Waals surface area contributed by atoms with Crippen molar-refractivity contribution in [1.82, 2.24) is 5.32 Å². The summed E-state index contributed by atoms with van der Waals surface area (Å²) in [5.41, 5.74) is 5.39. The number of nitrogens with zero attached hydrogens (tertiary/aromatic N) is 1. The molecule has 0 heterocycles. The molecule has 4 heteroatoms. The van der Waals surface area contributed by atoms with E-state index in [1.807, 2.05) is 0 Å². The van der Waals surface area contributed by atoms with Gasteiger partial charge in [0, 0.05) is 6.42 Å². The Morgan fingerprint density at radius 2 is 2.06 bits per heavy atom. The number of oxime groups is 1. The van der Waals surface area contributed by atoms with Gasteiger partial charge in [-0.05, 0) is 44.2 Å². The molecule has 1 aliphatic carbocycles. The molecular formula is C12H25N3O. The minimum atomic E-state index is 0.327. The summed E-state index contributed by atoms with van der Waals surface area (Å²) in [5, 5.41) is 14.8. The van der Waals surface area contributed by atoms with Crippen LogP contribution in [0.4, 0.5) is 0 Å². The fourth-order valence-electron chi connectivity index (χ4n) is 2.28. The summed E-state index contributed by atoms with van der Waals surface area (Å²) in [7, 11) is 0. The van der Waals surface area contributed by atoms with E-state index >= 15 is 0 Å². The summed E-state index contributed by atoms with van der Waals surface area (Å²) in [6, 6.07) is 0. The van der Waals surface area contributed by atoms with Gasteiger partial charge in [0.2, 0.25) is 0 Å². The Kier molecular flexibility index (Phi) is 6.23. The molecule has 0 aromatic rings. The highest BCUT2D eigenvalue weighted by Crippen LogP contribution is 2.27. The van der Waals surface area contributed by atoms with Crippen molar-refractivity contribution < 1.29 is 5.21 Å². The molecule has 1 aliphatic rings. The third-order valence-corrected chi connectivity index (χ3v) is 3.48. The number of hydrogen-bond donors (Lipinski definition) is 3. The van der Waals surface area contributed by atoms with Crippen LogP contribution in [0.2, 0.25) is 0 Å². The third kappa shape index (κ3) is 5.35. The fraction of sp³-hybridized carbons (Fsp3) is 0.917. The van der Waals surface area contributed by atoms with E-state index < -0.39 is 0 Å². The zero-order valence-corrected chi connectivity index (χ0v) is 10.3. The highest BCUT2D eigenvalue weighted by molar-refractivity contribution is 5.79. The van der Waals surface area contributed by atoms with Gasteiger partial charge in [-0.25, -0.2) is 0 Å². The highest BCUT2D eigenvalue weighted by atomic mass is 16.4. The van der Waals surface area contributed by atoms with Crippen molar-refractivity contribution in [2.45, 2.75) is 45.4 Å². The van der Waals surface area contributed by atoms with Crippen LogP contribution in [0, 0.1) is 11.8 Å². The fourth-order valence-corrected chi connectivity index (χ4v) is 2.28. The summed E-state index contributed by atoms with van der Waals surface area (Å²) in [6.45, 7) is 4.44. The van der Waals surface area contributed by atoms with Crippen molar-refractivity contribution >= 4 is 5.84 Å². The van der Waals surface area contributed by atoms with Gasteiger partial charge in [-0.2, -0.15) is 0 Å². The molecule has 0 saturated heterocycles. The monoisotopic (exact) mass is 227 g/mol. The van der Waals surface area contributed by atoms with E-state index in [2.05, 4.69) is 17.4 Å². The van der Waals surface area contributed by atoms with E-state index in [-0.39, 0.29) is 0 Å². The van der Waals surface area contributed by atoms with E-state index in [9.17, 15) is 0 Å². The molecule has 1 rings (SSSR count). The average Bonchev–Trinajstić information content (AvgIpc) is 2.31. The average molecular weight is 227 g/mol. The molecule has 0 amide bonds. The molecule has 4 N–H and O–H groups in total. The standard InChI is InChI=1S/C12H25N3O/c1-10-4-6-11(7-5-10)9-14-8-2-3-12(13)15-16/h10-11,14,16H,2-9H2,1H3,(H2,13,15). The van der Waals surface area contributed by atoms with Gasteiger partial charge in [-0.3, -0.25) is 0 Å². The molecule has 94 valence electrons. The van der Waals surface area contributed by atoms with Crippen molar-refractivity contribution in [3.05, 3.63) is 0 Å². The molecule has 16 heavy (non-hydrogen) atoms. The zero-order chi connectivity index (χ0) is 11.8.